The van der Waals surface area contributed by atoms with Crippen molar-refractivity contribution in [3.8, 4) is 0 Å². The molecule has 0 aliphatic heterocycles. The second-order valence-electron chi connectivity index (χ2n) is 3.40. The molecule has 2 atom stereocenters. The average molecular weight is 219 g/mol. The molecule has 2 unspecified atom stereocenters. The third-order valence-electron chi connectivity index (χ3n) is 2.06. The Morgan fingerprint density at radius 1 is 1.50 bits per heavy atom. The first-order valence-corrected chi connectivity index (χ1v) is 6.24. The van der Waals surface area contributed by atoms with Crippen molar-refractivity contribution in [3.05, 3.63) is 0 Å². The molecule has 0 radical (unpaired) electrons. The number of carboxylic acids is 1. The molecular weight excluding hydrogens is 198 g/mol. The van der Waals surface area contributed by atoms with Crippen molar-refractivity contribution in [2.75, 3.05) is 12.3 Å². The summed E-state index contributed by atoms with van der Waals surface area (Å²) >= 11 is 1.72. The fourth-order valence-electron chi connectivity index (χ4n) is 0.914. The van der Waals surface area contributed by atoms with Gasteiger partial charge in [0, 0.05) is 11.0 Å². The first-order valence-electron chi connectivity index (χ1n) is 5.19. The van der Waals surface area contributed by atoms with Crippen LogP contribution in [0, 0.1) is 0 Å². The Balaban J connectivity index is 3.79. The zero-order chi connectivity index (χ0) is 11.0. The van der Waals surface area contributed by atoms with Crippen LogP contribution in [0.25, 0.3) is 0 Å². The van der Waals surface area contributed by atoms with E-state index in [1.54, 1.807) is 11.8 Å². The van der Waals surface area contributed by atoms with Crippen molar-refractivity contribution in [1.82, 2.24) is 5.32 Å². The van der Waals surface area contributed by atoms with E-state index in [4.69, 9.17) is 5.11 Å². The van der Waals surface area contributed by atoms with E-state index in [-0.39, 0.29) is 0 Å². The zero-order valence-corrected chi connectivity index (χ0v) is 10.1. The molecule has 0 saturated heterocycles. The van der Waals surface area contributed by atoms with Gasteiger partial charge >= 0.3 is 5.97 Å². The van der Waals surface area contributed by atoms with Crippen LogP contribution in [-0.2, 0) is 4.79 Å². The zero-order valence-electron chi connectivity index (χ0n) is 9.25. The quantitative estimate of drug-likeness (QED) is 0.655. The van der Waals surface area contributed by atoms with Gasteiger partial charge in [0.1, 0.15) is 6.04 Å². The highest BCUT2D eigenvalue weighted by atomic mass is 32.2. The average Bonchev–Trinajstić information content (AvgIpc) is 2.16. The number of rotatable bonds is 8. The monoisotopic (exact) mass is 219 g/mol. The minimum absolute atomic E-state index is 0.394. The minimum atomic E-state index is -0.741. The maximum absolute atomic E-state index is 10.8. The fraction of sp³-hybridized carbons (Fsp3) is 0.900. The molecule has 0 aliphatic rings. The lowest BCUT2D eigenvalue weighted by Crippen LogP contribution is -2.39. The van der Waals surface area contributed by atoms with Gasteiger partial charge in [-0.15, -0.1) is 0 Å². The van der Waals surface area contributed by atoms with E-state index in [0.717, 1.165) is 19.4 Å². The Morgan fingerprint density at radius 3 is 2.57 bits per heavy atom. The van der Waals surface area contributed by atoms with Crippen LogP contribution in [0.2, 0.25) is 0 Å². The van der Waals surface area contributed by atoms with Crippen molar-refractivity contribution in [2.45, 2.75) is 44.9 Å². The summed E-state index contributed by atoms with van der Waals surface area (Å²) < 4.78 is 0. The molecule has 0 heterocycles. The van der Waals surface area contributed by atoms with Gasteiger partial charge in [-0.05, 0) is 19.4 Å². The molecular formula is C10H21NO2S. The van der Waals surface area contributed by atoms with Gasteiger partial charge in [0.2, 0.25) is 0 Å². The summed E-state index contributed by atoms with van der Waals surface area (Å²) in [6, 6.07) is -0.394. The van der Waals surface area contributed by atoms with Crippen molar-refractivity contribution in [2.24, 2.45) is 0 Å². The smallest absolute Gasteiger partial charge is 0.321 e. The fourth-order valence-corrected chi connectivity index (χ4v) is 1.93. The summed E-state index contributed by atoms with van der Waals surface area (Å²) in [5.74, 6) is -0.0843. The summed E-state index contributed by atoms with van der Waals surface area (Å²) in [7, 11) is 0. The second kappa shape index (κ2) is 8.12. The molecule has 0 saturated carbocycles. The van der Waals surface area contributed by atoms with Gasteiger partial charge < -0.3 is 10.4 Å². The van der Waals surface area contributed by atoms with Gasteiger partial charge in [0.25, 0.3) is 0 Å². The maximum Gasteiger partial charge on any atom is 0.321 e. The van der Waals surface area contributed by atoms with Crippen molar-refractivity contribution in [3.63, 3.8) is 0 Å². The van der Waals surface area contributed by atoms with Crippen LogP contribution in [0.3, 0.4) is 0 Å². The third kappa shape index (κ3) is 6.27. The number of thioether (sulfide) groups is 1. The number of hydrogen-bond donors (Lipinski definition) is 2. The predicted octanol–water partition coefficient (Wildman–Crippen LogP) is 1.97. The van der Waals surface area contributed by atoms with Crippen LogP contribution in [0.15, 0.2) is 0 Å². The highest BCUT2D eigenvalue weighted by Gasteiger charge is 2.16. The van der Waals surface area contributed by atoms with Gasteiger partial charge in [0.15, 0.2) is 0 Å². The molecule has 3 nitrogen and oxygen atoms in total. The van der Waals surface area contributed by atoms with Gasteiger partial charge in [-0.2, -0.15) is 11.8 Å². The molecule has 0 bridgehead atoms. The lowest BCUT2D eigenvalue weighted by molar-refractivity contribution is -0.138. The van der Waals surface area contributed by atoms with Crippen LogP contribution in [0.4, 0.5) is 0 Å². The van der Waals surface area contributed by atoms with Crippen molar-refractivity contribution < 1.29 is 9.90 Å². The van der Waals surface area contributed by atoms with Crippen molar-refractivity contribution in [1.29, 1.82) is 0 Å². The van der Waals surface area contributed by atoms with Crippen LogP contribution in [-0.4, -0.2) is 34.7 Å². The van der Waals surface area contributed by atoms with Gasteiger partial charge in [0.05, 0.1) is 0 Å². The lowest BCUT2D eigenvalue weighted by atomic mass is 10.3. The molecule has 84 valence electrons. The highest BCUT2D eigenvalue weighted by molar-refractivity contribution is 7.99. The SMILES string of the molecule is CCCNC(CSC(C)CC)C(=O)O. The molecule has 14 heavy (non-hydrogen) atoms. The molecule has 0 aromatic heterocycles. The standard InChI is InChI=1S/C10H21NO2S/c1-4-6-11-9(10(12)13)7-14-8(3)5-2/h8-9,11H,4-7H2,1-3H3,(H,12,13). The van der Waals surface area contributed by atoms with Crippen molar-refractivity contribution >= 4 is 17.7 Å². The van der Waals surface area contributed by atoms with Gasteiger partial charge in [-0.1, -0.05) is 20.8 Å². The van der Waals surface area contributed by atoms with Crippen LogP contribution in [0.1, 0.15) is 33.6 Å². The third-order valence-corrected chi connectivity index (χ3v) is 3.49. The Kier molecular flexibility index (Phi) is 7.99. The Morgan fingerprint density at radius 2 is 2.14 bits per heavy atom. The topological polar surface area (TPSA) is 49.3 Å². The largest absolute Gasteiger partial charge is 0.480 e. The Hall–Kier alpha value is -0.220. The number of carbonyl (C=O) groups is 1. The number of carboxylic acid groups (broad SMARTS) is 1. The molecule has 0 aliphatic carbocycles. The Labute approximate surface area is 90.7 Å². The number of aliphatic carboxylic acids is 1. The minimum Gasteiger partial charge on any atom is -0.480 e. The highest BCUT2D eigenvalue weighted by Crippen LogP contribution is 2.14. The van der Waals surface area contributed by atoms with Gasteiger partial charge in [-0.25, -0.2) is 0 Å². The summed E-state index contributed by atoms with van der Waals surface area (Å²) in [6.45, 7) is 7.06. The maximum atomic E-state index is 10.8. The van der Waals surface area contributed by atoms with Crippen LogP contribution >= 0.6 is 11.8 Å². The van der Waals surface area contributed by atoms with E-state index in [2.05, 4.69) is 19.2 Å². The first kappa shape index (κ1) is 13.8. The molecule has 0 amide bonds. The second-order valence-corrected chi connectivity index (χ2v) is 4.87. The summed E-state index contributed by atoms with van der Waals surface area (Å²) in [5.41, 5.74) is 0. The van der Waals surface area contributed by atoms with E-state index in [1.807, 2.05) is 6.92 Å². The van der Waals surface area contributed by atoms with E-state index < -0.39 is 12.0 Å². The Bertz CT molecular complexity index is 164. The summed E-state index contributed by atoms with van der Waals surface area (Å²) in [6.07, 6.45) is 2.06. The molecule has 0 aromatic rings. The van der Waals surface area contributed by atoms with E-state index in [1.165, 1.54) is 0 Å². The van der Waals surface area contributed by atoms with Crippen LogP contribution in [0.5, 0.6) is 0 Å². The van der Waals surface area contributed by atoms with E-state index in [0.29, 0.717) is 11.0 Å². The summed E-state index contributed by atoms with van der Waals surface area (Å²) in [5, 5.41) is 12.5. The normalized spacial score (nSPS) is 15.1. The molecule has 0 aromatic carbocycles. The number of nitrogens with one attached hydrogen (secondary N) is 1. The molecule has 0 spiro atoms. The van der Waals surface area contributed by atoms with Crippen LogP contribution < -0.4 is 5.32 Å². The first-order chi connectivity index (χ1) is 6.61. The van der Waals surface area contributed by atoms with E-state index >= 15 is 0 Å². The molecule has 0 rings (SSSR count). The summed E-state index contributed by atoms with van der Waals surface area (Å²) in [4.78, 5) is 10.8. The number of hydrogen-bond acceptors (Lipinski definition) is 3. The predicted molar refractivity (Wildman–Crippen MR) is 61.9 cm³/mol. The van der Waals surface area contributed by atoms with E-state index in [9.17, 15) is 4.79 Å². The van der Waals surface area contributed by atoms with Gasteiger partial charge in [-0.3, -0.25) is 4.79 Å². The lowest BCUT2D eigenvalue weighted by Gasteiger charge is -2.15. The molecule has 2 N–H and O–H groups in total. The molecule has 0 fully saturated rings. The molecule has 4 heteroatoms.